The zero-order chi connectivity index (χ0) is 38.1. The van der Waals surface area contributed by atoms with E-state index < -0.39 is 35.0 Å². The van der Waals surface area contributed by atoms with Crippen LogP contribution in [-0.2, 0) is 26.2 Å². The Balaban J connectivity index is 1.11. The Morgan fingerprint density at radius 1 is 0.891 bits per heavy atom. The lowest BCUT2D eigenvalue weighted by atomic mass is 9.51. The highest BCUT2D eigenvalue weighted by Crippen LogP contribution is 2.64. The van der Waals surface area contributed by atoms with Gasteiger partial charge in [-0.3, -0.25) is 28.8 Å². The second-order valence-electron chi connectivity index (χ2n) is 16.4. The van der Waals surface area contributed by atoms with E-state index in [4.69, 9.17) is 16.7 Å². The Hall–Kier alpha value is -4.80. The van der Waals surface area contributed by atoms with Gasteiger partial charge in [-0.2, -0.15) is 5.10 Å². The zero-order valence-electron chi connectivity index (χ0n) is 30.9. The van der Waals surface area contributed by atoms with E-state index in [9.17, 15) is 14.7 Å². The molecule has 10 rings (SSSR count). The molecular weight excluding hydrogens is 732 g/mol. The highest BCUT2D eigenvalue weighted by atomic mass is 35.5. The van der Waals surface area contributed by atoms with Crippen LogP contribution in [0.5, 0.6) is 5.75 Å². The van der Waals surface area contributed by atoms with Gasteiger partial charge in [-0.05, 0) is 91.6 Å². The Morgan fingerprint density at radius 2 is 1.65 bits per heavy atom. The minimum atomic E-state index is -1.23. The third-order valence-corrected chi connectivity index (χ3v) is 15.2. The van der Waals surface area contributed by atoms with E-state index in [1.165, 1.54) is 4.90 Å². The van der Waals surface area contributed by atoms with Gasteiger partial charge < -0.3 is 5.11 Å². The number of nitrogens with zero attached hydrogens (tertiary/aromatic N) is 4. The van der Waals surface area contributed by atoms with Gasteiger partial charge in [0.2, 0.25) is 23.6 Å². The van der Waals surface area contributed by atoms with Crippen LogP contribution in [-0.4, -0.2) is 49.5 Å². The Kier molecular flexibility index (Phi) is 7.79. The number of benzene rings is 3. The van der Waals surface area contributed by atoms with Crippen LogP contribution in [0.15, 0.2) is 72.3 Å². The van der Waals surface area contributed by atoms with E-state index in [1.54, 1.807) is 34.0 Å². The van der Waals surface area contributed by atoms with E-state index in [-0.39, 0.29) is 41.8 Å². The van der Waals surface area contributed by atoms with Crippen LogP contribution in [0.1, 0.15) is 68.9 Å². The van der Waals surface area contributed by atoms with Crippen LogP contribution in [0.3, 0.4) is 0 Å². The number of aromatic nitrogens is 2. The van der Waals surface area contributed by atoms with Gasteiger partial charge in [0.25, 0.3) is 0 Å². The maximum absolute atomic E-state index is 15.3. The van der Waals surface area contributed by atoms with Crippen molar-refractivity contribution in [3.63, 3.8) is 0 Å². The standard InChI is InChI=1S/C44H41ClN4O5S/c1-22-30-19-23(45)13-18-35(30)55-39(22)33-21-36(47(3)46-33)49-41(52)32-20-31-28(14-15-29-37(31)42(53)48(40(29)51)24-9-5-4-6-10-24)38(44(32,2)43(49)54)27-16-17-34(50)26-12-8-7-11-25(26)27/h7-8,11-14,16-19,21,24,29,31-32,37-38,50H,4-6,9-10,15,20H2,1-3H3. The Labute approximate surface area is 327 Å². The molecule has 3 aliphatic carbocycles. The largest absolute Gasteiger partial charge is 0.507 e. The lowest BCUT2D eigenvalue weighted by Crippen LogP contribution is -2.49. The van der Waals surface area contributed by atoms with Crippen molar-refractivity contribution < 1.29 is 24.3 Å². The van der Waals surface area contributed by atoms with Gasteiger partial charge in [-0.15, -0.1) is 11.3 Å². The number of amides is 4. The molecule has 0 bridgehead atoms. The normalized spacial score (nSPS) is 28.3. The zero-order valence-corrected chi connectivity index (χ0v) is 32.5. The Bertz CT molecular complexity index is 2550. The van der Waals surface area contributed by atoms with E-state index in [1.807, 2.05) is 68.4 Å². The van der Waals surface area contributed by atoms with Crippen LogP contribution >= 0.6 is 22.9 Å². The second-order valence-corrected chi connectivity index (χ2v) is 17.9. The monoisotopic (exact) mass is 772 g/mol. The maximum atomic E-state index is 15.3. The van der Waals surface area contributed by atoms with Gasteiger partial charge >= 0.3 is 0 Å². The van der Waals surface area contributed by atoms with Crippen molar-refractivity contribution in [2.75, 3.05) is 4.90 Å². The molecule has 1 N–H and O–H groups in total. The molecule has 2 aromatic heterocycles. The second kappa shape index (κ2) is 12.4. The highest BCUT2D eigenvalue weighted by Gasteiger charge is 2.68. The molecule has 0 spiro atoms. The van der Waals surface area contributed by atoms with Gasteiger partial charge in [0.05, 0.1) is 28.0 Å². The number of phenolic OH excluding ortho intramolecular Hbond substituents is 1. The van der Waals surface area contributed by atoms with Gasteiger partial charge in [0, 0.05) is 40.2 Å². The van der Waals surface area contributed by atoms with Gasteiger partial charge in [-0.25, -0.2) is 4.90 Å². The first-order valence-corrected chi connectivity index (χ1v) is 20.6. The first-order chi connectivity index (χ1) is 26.5. The minimum absolute atomic E-state index is 0.0840. The van der Waals surface area contributed by atoms with Gasteiger partial charge in [-0.1, -0.05) is 72.8 Å². The summed E-state index contributed by atoms with van der Waals surface area (Å²) >= 11 is 7.93. The molecule has 280 valence electrons. The number of likely N-dealkylation sites (tertiary alicyclic amines) is 1. The molecule has 0 radical (unpaired) electrons. The molecule has 55 heavy (non-hydrogen) atoms. The SMILES string of the molecule is Cc1c(-c2cc(N3C(=O)C4CC5C(=CCC6C(=O)N(C7CCCCC7)C(=O)C65)C(c5ccc(O)c6ccccc56)C4(C)C3=O)n(C)n2)sc2ccc(Cl)cc12. The van der Waals surface area contributed by atoms with Gasteiger partial charge in [0.15, 0.2) is 0 Å². The fourth-order valence-electron chi connectivity index (χ4n) is 11.1. The number of carbonyl (C=O) groups excluding carboxylic acids is 4. The van der Waals surface area contributed by atoms with E-state index in [2.05, 4.69) is 6.08 Å². The number of aromatic hydroxyl groups is 1. The number of imide groups is 2. The lowest BCUT2D eigenvalue weighted by Gasteiger charge is -2.49. The molecule has 9 nitrogen and oxygen atoms in total. The van der Waals surface area contributed by atoms with Crippen LogP contribution in [0.25, 0.3) is 31.4 Å². The number of halogens is 1. The quantitative estimate of drug-likeness (QED) is 0.145. The summed E-state index contributed by atoms with van der Waals surface area (Å²) in [5.74, 6) is -3.16. The van der Waals surface area contributed by atoms with Crippen LogP contribution in [0, 0.1) is 36.0 Å². The predicted molar refractivity (Wildman–Crippen MR) is 213 cm³/mol. The molecule has 6 atom stereocenters. The summed E-state index contributed by atoms with van der Waals surface area (Å²) in [5, 5.41) is 18.9. The molecular formula is C44H41ClN4O5S. The molecule has 4 heterocycles. The van der Waals surface area contributed by atoms with Crippen LogP contribution in [0.2, 0.25) is 5.02 Å². The van der Waals surface area contributed by atoms with Crippen molar-refractivity contribution in [3.8, 4) is 16.3 Å². The highest BCUT2D eigenvalue weighted by molar-refractivity contribution is 7.22. The summed E-state index contributed by atoms with van der Waals surface area (Å²) in [6, 6.07) is 18.6. The van der Waals surface area contributed by atoms with Crippen LogP contribution in [0.4, 0.5) is 5.82 Å². The number of anilines is 1. The number of carbonyl (C=O) groups is 4. The maximum Gasteiger partial charge on any atom is 0.242 e. The molecule has 2 saturated carbocycles. The number of allylic oxidation sites excluding steroid dienone is 2. The summed E-state index contributed by atoms with van der Waals surface area (Å²) in [7, 11) is 1.75. The first-order valence-electron chi connectivity index (χ1n) is 19.4. The number of fused-ring (bicyclic) bond motifs is 6. The number of rotatable bonds is 4. The van der Waals surface area contributed by atoms with Crippen LogP contribution < -0.4 is 4.90 Å². The van der Waals surface area contributed by atoms with Crippen molar-refractivity contribution in [2.24, 2.45) is 36.1 Å². The average molecular weight is 773 g/mol. The van der Waals surface area contributed by atoms with Gasteiger partial charge in [0.1, 0.15) is 17.3 Å². The topological polar surface area (TPSA) is 113 Å². The third-order valence-electron chi connectivity index (χ3n) is 13.7. The summed E-state index contributed by atoms with van der Waals surface area (Å²) in [5.41, 5.74) is 2.22. The predicted octanol–water partition coefficient (Wildman–Crippen LogP) is 8.69. The number of hydrogen-bond acceptors (Lipinski definition) is 7. The molecule has 5 aliphatic rings. The van der Waals surface area contributed by atoms with E-state index >= 15 is 9.59 Å². The molecule has 2 aliphatic heterocycles. The van der Waals surface area contributed by atoms with E-state index in [0.29, 0.717) is 28.3 Å². The molecule has 11 heteroatoms. The van der Waals surface area contributed by atoms with Crippen molar-refractivity contribution >= 4 is 73.2 Å². The van der Waals surface area contributed by atoms with Crippen molar-refractivity contribution in [1.82, 2.24) is 14.7 Å². The fourth-order valence-corrected chi connectivity index (χ4v) is 12.4. The average Bonchev–Trinajstić information content (AvgIpc) is 3.86. The summed E-state index contributed by atoms with van der Waals surface area (Å²) in [4.78, 5) is 62.9. The molecule has 4 fully saturated rings. The minimum Gasteiger partial charge on any atom is -0.507 e. The Morgan fingerprint density at radius 3 is 2.44 bits per heavy atom. The van der Waals surface area contributed by atoms with Crippen molar-refractivity contribution in [2.45, 2.75) is 70.8 Å². The number of phenols is 1. The molecule has 5 aromatic rings. The summed E-state index contributed by atoms with van der Waals surface area (Å²) in [6.07, 6.45) is 7.57. The fraction of sp³-hybridized carbons (Fsp3) is 0.386. The lowest BCUT2D eigenvalue weighted by molar-refractivity contribution is -0.144. The van der Waals surface area contributed by atoms with Crippen molar-refractivity contribution in [1.29, 1.82) is 0 Å². The molecule has 3 aromatic carbocycles. The first kappa shape index (κ1) is 34.7. The molecule has 2 saturated heterocycles. The van der Waals surface area contributed by atoms with E-state index in [0.717, 1.165) is 69.2 Å². The smallest absolute Gasteiger partial charge is 0.242 e. The summed E-state index contributed by atoms with van der Waals surface area (Å²) < 4.78 is 2.67. The molecule has 4 amide bonds. The molecule has 6 unspecified atom stereocenters. The number of thiophene rings is 1. The third kappa shape index (κ3) is 4.79. The number of hydrogen-bond donors (Lipinski definition) is 1. The number of aryl methyl sites for hydroxylation is 2. The van der Waals surface area contributed by atoms with Crippen molar-refractivity contribution in [3.05, 3.63) is 88.5 Å². The summed E-state index contributed by atoms with van der Waals surface area (Å²) in [6.45, 7) is 3.93.